The van der Waals surface area contributed by atoms with Crippen LogP contribution >= 0.6 is 0 Å². The Labute approximate surface area is 212 Å². The minimum Gasteiger partial charge on any atom is -0.367 e. The van der Waals surface area contributed by atoms with Crippen LogP contribution in [0.15, 0.2) is 92.1 Å². The van der Waals surface area contributed by atoms with Gasteiger partial charge in [0.15, 0.2) is 0 Å². The minimum atomic E-state index is 0.216. The quantitative estimate of drug-likeness (QED) is 0.261. The number of pyridine rings is 2. The lowest BCUT2D eigenvalue weighted by molar-refractivity contribution is 0.666. The fourth-order valence-electron chi connectivity index (χ4n) is 4.82. The number of aryl methyl sites for hydroxylation is 1. The lowest BCUT2D eigenvalue weighted by atomic mass is 9.85. The first kappa shape index (κ1) is 23.5. The van der Waals surface area contributed by atoms with Crippen LogP contribution in [0.5, 0.6) is 0 Å². The van der Waals surface area contributed by atoms with Gasteiger partial charge in [0.1, 0.15) is 0 Å². The third-order valence-electron chi connectivity index (χ3n) is 6.66. The molecule has 1 aliphatic heterocycles. The highest BCUT2D eigenvalue weighted by Gasteiger charge is 2.20. The van der Waals surface area contributed by atoms with E-state index in [0.29, 0.717) is 0 Å². The number of H-pyrrole nitrogens is 1. The molecule has 180 valence electrons. The van der Waals surface area contributed by atoms with Crippen molar-refractivity contribution in [2.24, 2.45) is 0 Å². The number of fused-ring (bicyclic) bond motifs is 1. The molecule has 5 heteroatoms. The number of aromatic nitrogens is 4. The molecule has 0 fully saturated rings. The zero-order chi connectivity index (χ0) is 24.9. The molecule has 1 aromatic carbocycles. The molecule has 0 spiro atoms. The summed E-state index contributed by atoms with van der Waals surface area (Å²) in [5.41, 5.74) is 9.35. The summed E-state index contributed by atoms with van der Waals surface area (Å²) in [6, 6.07) is 12.5. The number of benzene rings is 1. The highest BCUT2D eigenvalue weighted by molar-refractivity contribution is 5.94. The lowest BCUT2D eigenvalue weighted by Crippen LogP contribution is -2.04. The fraction of sp³-hybridized carbons (Fsp3) is 0.194. The standard InChI is InChI=1S/C31H31N5/c1-4-6-11-22(5-2)30-25-17-23(27-20-34-36-31(27)29-13-9-10-21(3)35-29)14-15-28(25)33-19-26(30)24-12-7-8-16-32-18-24/h5,7-10,12-20,22,32H,2,4,6,11H2,1,3H3,(H,34,36). The zero-order valence-electron chi connectivity index (χ0n) is 20.8. The van der Waals surface area contributed by atoms with Crippen molar-refractivity contribution in [2.75, 3.05) is 0 Å². The molecule has 4 heterocycles. The van der Waals surface area contributed by atoms with Crippen LogP contribution in [0.2, 0.25) is 0 Å². The number of unbranched alkanes of at least 4 members (excludes halogenated alkanes) is 1. The molecule has 1 aliphatic rings. The summed E-state index contributed by atoms with van der Waals surface area (Å²) >= 11 is 0. The average molecular weight is 474 g/mol. The van der Waals surface area contributed by atoms with Crippen molar-refractivity contribution in [3.63, 3.8) is 0 Å². The predicted molar refractivity (Wildman–Crippen MR) is 149 cm³/mol. The van der Waals surface area contributed by atoms with E-state index in [2.05, 4.69) is 65.4 Å². The average Bonchev–Trinajstić information content (AvgIpc) is 3.24. The van der Waals surface area contributed by atoms with Crippen LogP contribution in [0.25, 0.3) is 39.0 Å². The summed E-state index contributed by atoms with van der Waals surface area (Å²) in [6.07, 6.45) is 19.4. The van der Waals surface area contributed by atoms with Crippen LogP contribution in [-0.4, -0.2) is 20.2 Å². The molecule has 0 saturated carbocycles. The van der Waals surface area contributed by atoms with Crippen LogP contribution in [0.4, 0.5) is 0 Å². The normalized spacial score (nSPS) is 13.8. The lowest BCUT2D eigenvalue weighted by Gasteiger charge is -2.21. The second-order valence-corrected chi connectivity index (χ2v) is 9.11. The predicted octanol–water partition coefficient (Wildman–Crippen LogP) is 7.47. The maximum atomic E-state index is 4.87. The van der Waals surface area contributed by atoms with E-state index in [0.717, 1.165) is 69.5 Å². The molecule has 4 aromatic rings. The Hall–Kier alpha value is -4.25. The Morgan fingerprint density at radius 1 is 1.08 bits per heavy atom. The molecule has 0 saturated heterocycles. The maximum Gasteiger partial charge on any atom is 0.0912 e. The third kappa shape index (κ3) is 4.65. The summed E-state index contributed by atoms with van der Waals surface area (Å²) in [4.78, 5) is 9.58. The molecule has 0 bridgehead atoms. The van der Waals surface area contributed by atoms with Crippen molar-refractivity contribution in [2.45, 2.75) is 39.0 Å². The van der Waals surface area contributed by atoms with Gasteiger partial charge in [0.25, 0.3) is 0 Å². The number of nitrogens with zero attached hydrogens (tertiary/aromatic N) is 3. The first-order valence-corrected chi connectivity index (χ1v) is 12.5. The van der Waals surface area contributed by atoms with Crippen molar-refractivity contribution >= 4 is 16.5 Å². The van der Waals surface area contributed by atoms with Crippen molar-refractivity contribution in [3.05, 3.63) is 109 Å². The number of hydrogen-bond acceptors (Lipinski definition) is 4. The Morgan fingerprint density at radius 2 is 2.00 bits per heavy atom. The SMILES string of the molecule is C=CC(CCCC)c1c(C2=CNC=CC=C2)cnc2ccc(-c3cn[nH]c3-c3cccc(C)n3)cc12. The second kappa shape index (κ2) is 10.6. The fourth-order valence-corrected chi connectivity index (χ4v) is 4.82. The molecule has 36 heavy (non-hydrogen) atoms. The molecule has 1 atom stereocenters. The van der Waals surface area contributed by atoms with Gasteiger partial charge in [-0.05, 0) is 60.4 Å². The number of allylic oxidation sites excluding steroid dienone is 5. The summed E-state index contributed by atoms with van der Waals surface area (Å²) in [5, 5.41) is 11.9. The van der Waals surface area contributed by atoms with Gasteiger partial charge in [0, 0.05) is 46.7 Å². The van der Waals surface area contributed by atoms with E-state index in [1.54, 1.807) is 0 Å². The van der Waals surface area contributed by atoms with Gasteiger partial charge in [-0.25, -0.2) is 0 Å². The van der Waals surface area contributed by atoms with E-state index in [1.165, 1.54) is 5.56 Å². The van der Waals surface area contributed by atoms with Gasteiger partial charge in [-0.3, -0.25) is 15.1 Å². The largest absolute Gasteiger partial charge is 0.367 e. The van der Waals surface area contributed by atoms with E-state index in [9.17, 15) is 0 Å². The Kier molecular flexibility index (Phi) is 6.89. The Bertz CT molecular complexity index is 1490. The number of nitrogens with one attached hydrogen (secondary N) is 2. The van der Waals surface area contributed by atoms with E-state index >= 15 is 0 Å². The number of aromatic amines is 1. The molecule has 5 nitrogen and oxygen atoms in total. The molecular weight excluding hydrogens is 442 g/mol. The van der Waals surface area contributed by atoms with Crippen molar-refractivity contribution in [3.8, 4) is 22.5 Å². The van der Waals surface area contributed by atoms with Gasteiger partial charge in [-0.2, -0.15) is 5.10 Å². The molecule has 0 amide bonds. The van der Waals surface area contributed by atoms with Gasteiger partial charge >= 0.3 is 0 Å². The van der Waals surface area contributed by atoms with Crippen molar-refractivity contribution in [1.82, 2.24) is 25.5 Å². The summed E-state index contributed by atoms with van der Waals surface area (Å²) in [5.74, 6) is 0.216. The summed E-state index contributed by atoms with van der Waals surface area (Å²) in [6.45, 7) is 8.46. The van der Waals surface area contributed by atoms with Crippen LogP contribution in [-0.2, 0) is 0 Å². The zero-order valence-corrected chi connectivity index (χ0v) is 20.8. The molecule has 0 radical (unpaired) electrons. The second-order valence-electron chi connectivity index (χ2n) is 9.11. The Balaban J connectivity index is 1.71. The highest BCUT2D eigenvalue weighted by Crippen LogP contribution is 2.38. The maximum absolute atomic E-state index is 4.87. The van der Waals surface area contributed by atoms with Crippen LogP contribution < -0.4 is 5.32 Å². The topological polar surface area (TPSA) is 66.5 Å². The molecular formula is C31H31N5. The summed E-state index contributed by atoms with van der Waals surface area (Å²) in [7, 11) is 0. The number of hydrogen-bond donors (Lipinski definition) is 2. The highest BCUT2D eigenvalue weighted by atomic mass is 15.1. The monoisotopic (exact) mass is 473 g/mol. The van der Waals surface area contributed by atoms with Crippen LogP contribution in [0, 0.1) is 6.92 Å². The van der Waals surface area contributed by atoms with E-state index in [1.807, 2.05) is 56.0 Å². The molecule has 0 aliphatic carbocycles. The Morgan fingerprint density at radius 3 is 2.83 bits per heavy atom. The first-order chi connectivity index (χ1) is 17.7. The van der Waals surface area contributed by atoms with Crippen LogP contribution in [0.3, 0.4) is 0 Å². The third-order valence-corrected chi connectivity index (χ3v) is 6.66. The summed E-state index contributed by atoms with van der Waals surface area (Å²) < 4.78 is 0. The smallest absolute Gasteiger partial charge is 0.0912 e. The molecule has 3 aromatic heterocycles. The number of rotatable bonds is 8. The van der Waals surface area contributed by atoms with Crippen molar-refractivity contribution in [1.29, 1.82) is 0 Å². The van der Waals surface area contributed by atoms with E-state index in [-0.39, 0.29) is 5.92 Å². The minimum absolute atomic E-state index is 0.216. The van der Waals surface area contributed by atoms with Gasteiger partial charge in [-0.1, -0.05) is 50.1 Å². The van der Waals surface area contributed by atoms with Crippen molar-refractivity contribution < 1.29 is 0 Å². The molecule has 5 rings (SSSR count). The van der Waals surface area contributed by atoms with E-state index in [4.69, 9.17) is 9.97 Å². The van der Waals surface area contributed by atoms with E-state index < -0.39 is 0 Å². The molecule has 2 N–H and O–H groups in total. The van der Waals surface area contributed by atoms with Gasteiger partial charge in [0.2, 0.25) is 0 Å². The van der Waals surface area contributed by atoms with Gasteiger partial charge in [0.05, 0.1) is 23.1 Å². The van der Waals surface area contributed by atoms with Crippen LogP contribution in [0.1, 0.15) is 48.9 Å². The van der Waals surface area contributed by atoms with Gasteiger partial charge < -0.3 is 5.32 Å². The van der Waals surface area contributed by atoms with Gasteiger partial charge in [-0.15, -0.1) is 6.58 Å². The first-order valence-electron chi connectivity index (χ1n) is 12.5. The molecule has 1 unspecified atom stereocenters.